The van der Waals surface area contributed by atoms with Gasteiger partial charge in [0.05, 0.1) is 17.3 Å². The summed E-state index contributed by atoms with van der Waals surface area (Å²) in [5.41, 5.74) is 4.10. The van der Waals surface area contributed by atoms with Crippen molar-refractivity contribution < 1.29 is 0 Å². The van der Waals surface area contributed by atoms with Gasteiger partial charge in [-0.05, 0) is 30.3 Å². The molecule has 3 aromatic carbocycles. The Balaban J connectivity index is 2.00. The first-order valence-corrected chi connectivity index (χ1v) is 9.25. The SMILES string of the molecule is Cn1c2ccccc2c2c(-c3cccc(C#N)c3)nn(-c3ccccc3)c(=O)c21. The molecule has 5 nitrogen and oxygen atoms in total. The first kappa shape index (κ1) is 17.0. The fraction of sp³-hybridized carbons (Fsp3) is 0.0417. The highest BCUT2D eigenvalue weighted by atomic mass is 16.1. The number of para-hydroxylation sites is 2. The second kappa shape index (κ2) is 6.47. The summed E-state index contributed by atoms with van der Waals surface area (Å²) in [6.45, 7) is 0. The van der Waals surface area contributed by atoms with Gasteiger partial charge < -0.3 is 4.57 Å². The van der Waals surface area contributed by atoms with Crippen LogP contribution in [0.25, 0.3) is 38.8 Å². The van der Waals surface area contributed by atoms with Crippen molar-refractivity contribution in [1.29, 1.82) is 5.26 Å². The minimum absolute atomic E-state index is 0.176. The molecule has 0 radical (unpaired) electrons. The average Bonchev–Trinajstić information content (AvgIpc) is 3.08. The van der Waals surface area contributed by atoms with Gasteiger partial charge in [0.2, 0.25) is 0 Å². The van der Waals surface area contributed by atoms with E-state index in [1.54, 1.807) is 6.07 Å². The summed E-state index contributed by atoms with van der Waals surface area (Å²) in [5, 5.41) is 15.9. The number of aromatic nitrogens is 3. The zero-order valence-corrected chi connectivity index (χ0v) is 15.7. The van der Waals surface area contributed by atoms with Crippen molar-refractivity contribution in [3.8, 4) is 23.0 Å². The lowest BCUT2D eigenvalue weighted by Crippen LogP contribution is -2.23. The van der Waals surface area contributed by atoms with E-state index in [9.17, 15) is 10.1 Å². The van der Waals surface area contributed by atoms with E-state index in [1.165, 1.54) is 4.68 Å². The van der Waals surface area contributed by atoms with E-state index in [-0.39, 0.29) is 5.56 Å². The van der Waals surface area contributed by atoms with Crippen LogP contribution in [0.5, 0.6) is 0 Å². The Morgan fingerprint density at radius 3 is 2.48 bits per heavy atom. The van der Waals surface area contributed by atoms with E-state index in [0.717, 1.165) is 21.9 Å². The fourth-order valence-corrected chi connectivity index (χ4v) is 3.86. The van der Waals surface area contributed by atoms with E-state index in [1.807, 2.05) is 84.4 Å². The van der Waals surface area contributed by atoms with Crippen molar-refractivity contribution in [2.75, 3.05) is 0 Å². The van der Waals surface area contributed by atoms with Crippen LogP contribution in [0.3, 0.4) is 0 Å². The third-order valence-corrected chi connectivity index (χ3v) is 5.20. The van der Waals surface area contributed by atoms with Gasteiger partial charge in [-0.25, -0.2) is 0 Å². The zero-order valence-electron chi connectivity index (χ0n) is 15.7. The predicted molar refractivity (Wildman–Crippen MR) is 114 cm³/mol. The van der Waals surface area contributed by atoms with Crippen LogP contribution >= 0.6 is 0 Å². The van der Waals surface area contributed by atoms with Crippen molar-refractivity contribution >= 4 is 21.8 Å². The second-order valence-corrected chi connectivity index (χ2v) is 6.89. The summed E-state index contributed by atoms with van der Waals surface area (Å²) < 4.78 is 3.36. The first-order valence-electron chi connectivity index (χ1n) is 9.25. The topological polar surface area (TPSA) is 63.6 Å². The highest BCUT2D eigenvalue weighted by Gasteiger charge is 2.20. The molecule has 5 heteroatoms. The van der Waals surface area contributed by atoms with Gasteiger partial charge in [0.15, 0.2) is 0 Å². The van der Waals surface area contributed by atoms with E-state index in [0.29, 0.717) is 22.5 Å². The third kappa shape index (κ3) is 2.54. The minimum atomic E-state index is -0.176. The minimum Gasteiger partial charge on any atom is -0.339 e. The van der Waals surface area contributed by atoms with Crippen molar-refractivity contribution in [1.82, 2.24) is 14.3 Å². The van der Waals surface area contributed by atoms with Crippen LogP contribution in [0.15, 0.2) is 83.7 Å². The number of rotatable bonds is 2. The van der Waals surface area contributed by atoms with Crippen LogP contribution in [0.4, 0.5) is 0 Å². The van der Waals surface area contributed by atoms with Gasteiger partial charge in [-0.2, -0.15) is 15.0 Å². The molecule has 0 spiro atoms. The normalized spacial score (nSPS) is 11.0. The van der Waals surface area contributed by atoms with Crippen molar-refractivity contribution in [3.05, 3.63) is 94.8 Å². The molecule has 0 aliphatic carbocycles. The lowest BCUT2D eigenvalue weighted by Gasteiger charge is -2.10. The predicted octanol–water partition coefficient (Wildman–Crippen LogP) is 4.42. The molecule has 2 aromatic heterocycles. The molecule has 0 aliphatic heterocycles. The molecule has 0 saturated heterocycles. The van der Waals surface area contributed by atoms with Crippen LogP contribution < -0.4 is 5.56 Å². The lowest BCUT2D eigenvalue weighted by molar-refractivity contribution is 0.816. The van der Waals surface area contributed by atoms with Crippen LogP contribution in [0, 0.1) is 11.3 Å². The molecule has 2 heterocycles. The molecule has 0 aliphatic rings. The first-order chi connectivity index (χ1) is 14.2. The molecule has 138 valence electrons. The lowest BCUT2D eigenvalue weighted by atomic mass is 10.0. The molecule has 0 N–H and O–H groups in total. The number of benzene rings is 3. The molecule has 0 fully saturated rings. The van der Waals surface area contributed by atoms with Crippen LogP contribution in [-0.4, -0.2) is 14.3 Å². The standard InChI is InChI=1S/C24H16N4O/c1-27-20-13-6-5-12-19(20)21-22(17-9-7-8-16(14-17)15-25)26-28(24(29)23(21)27)18-10-3-2-4-11-18/h2-14H,1H3. The third-order valence-electron chi connectivity index (χ3n) is 5.20. The maximum Gasteiger partial charge on any atom is 0.296 e. The summed E-state index contributed by atoms with van der Waals surface area (Å²) in [5.74, 6) is 0. The Hall–Kier alpha value is -4.17. The van der Waals surface area contributed by atoms with Gasteiger partial charge in [0.25, 0.3) is 5.56 Å². The van der Waals surface area contributed by atoms with Crippen molar-refractivity contribution in [2.45, 2.75) is 0 Å². The van der Waals surface area contributed by atoms with Gasteiger partial charge in [0, 0.05) is 28.9 Å². The number of fused-ring (bicyclic) bond motifs is 3. The summed E-state index contributed by atoms with van der Waals surface area (Å²) >= 11 is 0. The number of hydrogen-bond donors (Lipinski definition) is 0. The van der Waals surface area contributed by atoms with Gasteiger partial charge >= 0.3 is 0 Å². The molecule has 5 aromatic rings. The van der Waals surface area contributed by atoms with Crippen molar-refractivity contribution in [2.24, 2.45) is 7.05 Å². The van der Waals surface area contributed by atoms with E-state index in [2.05, 4.69) is 6.07 Å². The Bertz CT molecular complexity index is 1490. The number of aryl methyl sites for hydroxylation is 1. The Morgan fingerprint density at radius 1 is 0.931 bits per heavy atom. The Labute approximate surface area is 166 Å². The average molecular weight is 376 g/mol. The van der Waals surface area contributed by atoms with E-state index >= 15 is 0 Å². The van der Waals surface area contributed by atoms with Gasteiger partial charge in [-0.1, -0.05) is 48.5 Å². The molecule has 0 atom stereocenters. The molecular formula is C24H16N4O. The van der Waals surface area contributed by atoms with Crippen molar-refractivity contribution in [3.63, 3.8) is 0 Å². The summed E-state index contributed by atoms with van der Waals surface area (Å²) in [7, 11) is 1.90. The van der Waals surface area contributed by atoms with Gasteiger partial charge in [-0.3, -0.25) is 4.79 Å². The monoisotopic (exact) mass is 376 g/mol. The maximum absolute atomic E-state index is 13.5. The Kier molecular flexibility index (Phi) is 3.78. The summed E-state index contributed by atoms with van der Waals surface area (Å²) in [4.78, 5) is 13.5. The number of hydrogen-bond acceptors (Lipinski definition) is 3. The molecule has 0 amide bonds. The largest absolute Gasteiger partial charge is 0.339 e. The quantitative estimate of drug-likeness (QED) is 0.458. The molecule has 0 unspecified atom stereocenters. The molecule has 0 bridgehead atoms. The number of nitriles is 1. The van der Waals surface area contributed by atoms with Crippen LogP contribution in [0.2, 0.25) is 0 Å². The molecule has 29 heavy (non-hydrogen) atoms. The fourth-order valence-electron chi connectivity index (χ4n) is 3.86. The van der Waals surface area contributed by atoms with E-state index in [4.69, 9.17) is 5.10 Å². The Morgan fingerprint density at radius 2 is 1.69 bits per heavy atom. The van der Waals surface area contributed by atoms with E-state index < -0.39 is 0 Å². The smallest absolute Gasteiger partial charge is 0.296 e. The molecular weight excluding hydrogens is 360 g/mol. The van der Waals surface area contributed by atoms with Crippen LogP contribution in [-0.2, 0) is 7.05 Å². The number of nitrogens with zero attached hydrogens (tertiary/aromatic N) is 4. The van der Waals surface area contributed by atoms with Crippen LogP contribution in [0.1, 0.15) is 5.56 Å². The highest BCUT2D eigenvalue weighted by molar-refractivity contribution is 6.13. The zero-order chi connectivity index (χ0) is 20.0. The summed E-state index contributed by atoms with van der Waals surface area (Å²) in [6, 6.07) is 26.8. The highest BCUT2D eigenvalue weighted by Crippen LogP contribution is 2.33. The molecule has 0 saturated carbocycles. The van der Waals surface area contributed by atoms with Gasteiger partial charge in [0.1, 0.15) is 11.2 Å². The maximum atomic E-state index is 13.5. The second-order valence-electron chi connectivity index (χ2n) is 6.89. The van der Waals surface area contributed by atoms with Gasteiger partial charge in [-0.15, -0.1) is 0 Å². The molecule has 5 rings (SSSR count). The summed E-state index contributed by atoms with van der Waals surface area (Å²) in [6.07, 6.45) is 0.